The lowest BCUT2D eigenvalue weighted by atomic mass is 10.1. The molecule has 0 bridgehead atoms. The largest absolute Gasteiger partial charge is 0.472 e. The van der Waals surface area contributed by atoms with Crippen molar-refractivity contribution in [3.63, 3.8) is 0 Å². The molecule has 0 amide bonds. The van der Waals surface area contributed by atoms with Crippen LogP contribution in [0.4, 0.5) is 5.82 Å². The first-order valence-electron chi connectivity index (χ1n) is 8.44. The number of hydrogen-bond acceptors (Lipinski definition) is 5. The van der Waals surface area contributed by atoms with E-state index < -0.39 is 0 Å². The van der Waals surface area contributed by atoms with Crippen LogP contribution in [0, 0.1) is 17.2 Å². The summed E-state index contributed by atoms with van der Waals surface area (Å²) in [7, 11) is 0. The Morgan fingerprint density at radius 2 is 2.08 bits per heavy atom. The third-order valence-corrected chi connectivity index (χ3v) is 4.61. The normalized spacial score (nSPS) is 15.0. The summed E-state index contributed by atoms with van der Waals surface area (Å²) >= 11 is 0. The summed E-state index contributed by atoms with van der Waals surface area (Å²) in [5, 5.41) is 14.4. The van der Waals surface area contributed by atoms with Crippen LogP contribution in [0.3, 0.4) is 0 Å². The number of anilines is 1. The highest BCUT2D eigenvalue weighted by molar-refractivity contribution is 5.93. The van der Waals surface area contributed by atoms with Gasteiger partial charge in [-0.3, -0.25) is 4.68 Å². The maximum Gasteiger partial charge on any atom is 0.227 e. The number of nitrogens with two attached hydrogens (primary N) is 1. The number of nitrogen functional groups attached to an aromatic ring is 1. The van der Waals surface area contributed by atoms with Gasteiger partial charge in [0.2, 0.25) is 5.88 Å². The molecule has 0 radical (unpaired) electrons. The zero-order valence-electron chi connectivity index (χ0n) is 13.8. The van der Waals surface area contributed by atoms with Gasteiger partial charge in [0.1, 0.15) is 12.0 Å². The zero-order chi connectivity index (χ0) is 17.2. The molecule has 2 N–H and O–H groups in total. The second kappa shape index (κ2) is 6.44. The fourth-order valence-corrected chi connectivity index (χ4v) is 3.20. The molecule has 1 aromatic carbocycles. The van der Waals surface area contributed by atoms with Crippen molar-refractivity contribution in [2.75, 3.05) is 5.73 Å². The summed E-state index contributed by atoms with van der Waals surface area (Å²) in [6.45, 7) is 0.418. The van der Waals surface area contributed by atoms with Gasteiger partial charge in [0.15, 0.2) is 5.82 Å². The molecule has 1 aliphatic carbocycles. The number of hydrogen-bond donors (Lipinski definition) is 1. The van der Waals surface area contributed by atoms with Crippen molar-refractivity contribution >= 4 is 16.7 Å². The molecular weight excluding hydrogens is 314 g/mol. The number of benzene rings is 1. The van der Waals surface area contributed by atoms with Crippen LogP contribution in [0.5, 0.6) is 5.88 Å². The lowest BCUT2D eigenvalue weighted by molar-refractivity contribution is 0.298. The zero-order valence-corrected chi connectivity index (χ0v) is 13.8. The molecule has 0 aliphatic heterocycles. The topological polar surface area (TPSA) is 89.8 Å². The van der Waals surface area contributed by atoms with Gasteiger partial charge < -0.3 is 10.5 Å². The Bertz CT molecular complexity index is 924. The van der Waals surface area contributed by atoms with Gasteiger partial charge in [-0.15, -0.1) is 0 Å². The molecule has 0 spiro atoms. The molecule has 1 fully saturated rings. The van der Waals surface area contributed by atoms with E-state index in [1.807, 2.05) is 41.1 Å². The lowest BCUT2D eigenvalue weighted by Gasteiger charge is -2.14. The van der Waals surface area contributed by atoms with Gasteiger partial charge in [-0.05, 0) is 30.4 Å². The molecule has 0 saturated heterocycles. The molecule has 1 atom stereocenters. The van der Waals surface area contributed by atoms with E-state index in [1.165, 1.54) is 0 Å². The highest BCUT2D eigenvalue weighted by Crippen LogP contribution is 2.43. The van der Waals surface area contributed by atoms with Gasteiger partial charge in [-0.1, -0.05) is 30.3 Å². The summed E-state index contributed by atoms with van der Waals surface area (Å²) in [4.78, 5) is 4.34. The summed E-state index contributed by atoms with van der Waals surface area (Å²) in [5.41, 5.74) is 8.11. The summed E-state index contributed by atoms with van der Waals surface area (Å²) in [5.74, 6) is 1.38. The first kappa shape index (κ1) is 15.5. The van der Waals surface area contributed by atoms with Crippen molar-refractivity contribution in [3.8, 4) is 11.9 Å². The Balaban J connectivity index is 1.68. The number of fused-ring (bicyclic) bond motifs is 1. The standard InChI is InChI=1S/C19H19N5O/c20-10-8-15(14-6-7-14)24-16-9-11-22-19(17(16)18(21)23-24)25-12-13-4-2-1-3-5-13/h1-5,9,11,14-15H,6-8,12H2,(H2,21,23)/t15-/m1/s1. The van der Waals surface area contributed by atoms with E-state index >= 15 is 0 Å². The van der Waals surface area contributed by atoms with E-state index in [1.54, 1.807) is 6.20 Å². The molecule has 126 valence electrons. The average molecular weight is 333 g/mol. The first-order chi connectivity index (χ1) is 12.3. The molecule has 4 rings (SSSR count). The molecule has 0 unspecified atom stereocenters. The predicted octanol–water partition coefficient (Wildman–Crippen LogP) is 3.46. The number of ether oxygens (including phenoxy) is 1. The minimum absolute atomic E-state index is 0.0640. The minimum Gasteiger partial charge on any atom is -0.472 e. The second-order valence-corrected chi connectivity index (χ2v) is 6.38. The summed E-state index contributed by atoms with van der Waals surface area (Å²) in [6, 6.07) is 14.2. The summed E-state index contributed by atoms with van der Waals surface area (Å²) < 4.78 is 7.80. The van der Waals surface area contributed by atoms with E-state index in [-0.39, 0.29) is 6.04 Å². The highest BCUT2D eigenvalue weighted by atomic mass is 16.5. The van der Waals surface area contributed by atoms with E-state index in [2.05, 4.69) is 16.2 Å². The third-order valence-electron chi connectivity index (χ3n) is 4.61. The Labute approximate surface area is 145 Å². The van der Waals surface area contributed by atoms with Gasteiger partial charge in [0, 0.05) is 6.20 Å². The number of rotatable bonds is 6. The van der Waals surface area contributed by atoms with Crippen LogP contribution in [0.25, 0.3) is 10.9 Å². The van der Waals surface area contributed by atoms with Gasteiger partial charge in [0.25, 0.3) is 0 Å². The van der Waals surface area contributed by atoms with Crippen molar-refractivity contribution in [1.29, 1.82) is 5.26 Å². The van der Waals surface area contributed by atoms with Gasteiger partial charge in [0.05, 0.1) is 24.0 Å². The van der Waals surface area contributed by atoms with Crippen LogP contribution in [-0.2, 0) is 6.61 Å². The van der Waals surface area contributed by atoms with E-state index in [4.69, 9.17) is 15.7 Å². The third kappa shape index (κ3) is 3.01. The lowest BCUT2D eigenvalue weighted by Crippen LogP contribution is -2.12. The van der Waals surface area contributed by atoms with Crippen molar-refractivity contribution in [2.45, 2.75) is 31.9 Å². The Morgan fingerprint density at radius 1 is 1.28 bits per heavy atom. The van der Waals surface area contributed by atoms with E-state index in [0.717, 1.165) is 29.3 Å². The second-order valence-electron chi connectivity index (χ2n) is 6.38. The van der Waals surface area contributed by atoms with Crippen LogP contribution in [0.15, 0.2) is 42.6 Å². The quantitative estimate of drug-likeness (QED) is 0.746. The van der Waals surface area contributed by atoms with Crippen molar-refractivity contribution in [1.82, 2.24) is 14.8 Å². The number of nitriles is 1. The maximum atomic E-state index is 9.16. The molecule has 25 heavy (non-hydrogen) atoms. The molecule has 2 heterocycles. The molecule has 1 saturated carbocycles. The van der Waals surface area contributed by atoms with Crippen LogP contribution >= 0.6 is 0 Å². The van der Waals surface area contributed by atoms with E-state index in [9.17, 15) is 0 Å². The number of aromatic nitrogens is 3. The first-order valence-corrected chi connectivity index (χ1v) is 8.44. The Kier molecular flexibility index (Phi) is 3.98. The fraction of sp³-hybridized carbons (Fsp3) is 0.316. The maximum absolute atomic E-state index is 9.16. The van der Waals surface area contributed by atoms with Crippen molar-refractivity contribution in [3.05, 3.63) is 48.2 Å². The predicted molar refractivity (Wildman–Crippen MR) is 94.7 cm³/mol. The smallest absolute Gasteiger partial charge is 0.227 e. The van der Waals surface area contributed by atoms with E-state index in [0.29, 0.717) is 30.6 Å². The molecule has 6 nitrogen and oxygen atoms in total. The average Bonchev–Trinajstić information content (AvgIpc) is 3.43. The Hall–Kier alpha value is -3.07. The molecule has 3 aromatic rings. The molecular formula is C19H19N5O. The highest BCUT2D eigenvalue weighted by Gasteiger charge is 2.34. The van der Waals surface area contributed by atoms with Gasteiger partial charge in [-0.25, -0.2) is 4.98 Å². The van der Waals surface area contributed by atoms with Crippen molar-refractivity contribution < 1.29 is 4.74 Å². The minimum atomic E-state index is 0.0640. The van der Waals surface area contributed by atoms with Crippen LogP contribution in [0.1, 0.15) is 30.9 Å². The van der Waals surface area contributed by atoms with Crippen LogP contribution in [-0.4, -0.2) is 14.8 Å². The molecule has 6 heteroatoms. The number of pyridine rings is 1. The van der Waals surface area contributed by atoms with Crippen LogP contribution in [0.2, 0.25) is 0 Å². The SMILES string of the molecule is N#CC[C@H](C1CC1)n1nc(N)c2c(OCc3ccccc3)nccc21. The van der Waals surface area contributed by atoms with Gasteiger partial charge in [-0.2, -0.15) is 10.4 Å². The monoisotopic (exact) mass is 333 g/mol. The molecule has 1 aliphatic rings. The number of nitrogens with zero attached hydrogens (tertiary/aromatic N) is 4. The van der Waals surface area contributed by atoms with Crippen molar-refractivity contribution in [2.24, 2.45) is 5.92 Å². The van der Waals surface area contributed by atoms with Crippen LogP contribution < -0.4 is 10.5 Å². The molecule has 2 aromatic heterocycles. The Morgan fingerprint density at radius 3 is 2.80 bits per heavy atom. The van der Waals surface area contributed by atoms with Gasteiger partial charge >= 0.3 is 0 Å². The summed E-state index contributed by atoms with van der Waals surface area (Å²) in [6.07, 6.45) is 4.41. The fourth-order valence-electron chi connectivity index (χ4n) is 3.20.